The number of para-hydroxylation sites is 1. The first-order valence-electron chi connectivity index (χ1n) is 6.58. The minimum absolute atomic E-state index is 0.124. The summed E-state index contributed by atoms with van der Waals surface area (Å²) in [6.07, 6.45) is 2.34. The van der Waals surface area contributed by atoms with E-state index in [1.807, 2.05) is 0 Å². The number of hydrogen-bond acceptors (Lipinski definition) is 4. The summed E-state index contributed by atoms with van der Waals surface area (Å²) in [6, 6.07) is 8.31. The Morgan fingerprint density at radius 2 is 2.10 bits per heavy atom. The summed E-state index contributed by atoms with van der Waals surface area (Å²) in [4.78, 5) is 10.8. The van der Waals surface area contributed by atoms with Crippen LogP contribution in [0.2, 0.25) is 0 Å². The van der Waals surface area contributed by atoms with Gasteiger partial charge in [0.05, 0.1) is 33.0 Å². The number of nitro groups is 1. The van der Waals surface area contributed by atoms with E-state index in [1.54, 1.807) is 12.1 Å². The molecule has 1 aromatic rings. The average molecular weight is 292 g/mol. The summed E-state index contributed by atoms with van der Waals surface area (Å²) < 4.78 is 12.7. The van der Waals surface area contributed by atoms with Crippen molar-refractivity contribution in [3.63, 3.8) is 0 Å². The quantitative estimate of drug-likeness (QED) is 0.633. The van der Waals surface area contributed by atoms with Crippen molar-refractivity contribution in [1.29, 1.82) is 5.26 Å². The van der Waals surface area contributed by atoms with Gasteiger partial charge in [0.1, 0.15) is 4.90 Å². The van der Waals surface area contributed by atoms with Crippen LogP contribution in [0.5, 0.6) is 0 Å². The normalized spacial score (nSPS) is 27.5. The Morgan fingerprint density at radius 3 is 2.75 bits per heavy atom. The summed E-state index contributed by atoms with van der Waals surface area (Å²) in [5.74, 6) is 0.114. The molecule has 1 fully saturated rings. The van der Waals surface area contributed by atoms with Gasteiger partial charge in [0.15, 0.2) is 0 Å². The Kier molecular flexibility index (Phi) is 4.50. The van der Waals surface area contributed by atoms with E-state index in [4.69, 9.17) is 0 Å². The van der Waals surface area contributed by atoms with E-state index in [1.165, 1.54) is 12.1 Å². The van der Waals surface area contributed by atoms with Crippen LogP contribution in [0.25, 0.3) is 0 Å². The molecule has 5 nitrogen and oxygen atoms in total. The molecule has 1 saturated carbocycles. The van der Waals surface area contributed by atoms with Crippen molar-refractivity contribution in [2.24, 2.45) is 11.8 Å². The van der Waals surface area contributed by atoms with Crippen LogP contribution in [0.1, 0.15) is 26.2 Å². The van der Waals surface area contributed by atoms with Gasteiger partial charge < -0.3 is 0 Å². The molecule has 1 aliphatic rings. The van der Waals surface area contributed by atoms with E-state index in [0.717, 1.165) is 6.42 Å². The molecule has 0 amide bonds. The van der Waals surface area contributed by atoms with E-state index in [0.29, 0.717) is 18.8 Å². The fourth-order valence-electron chi connectivity index (χ4n) is 2.65. The highest BCUT2D eigenvalue weighted by Gasteiger charge is 2.35. The van der Waals surface area contributed by atoms with Crippen molar-refractivity contribution >= 4 is 16.5 Å². The van der Waals surface area contributed by atoms with Gasteiger partial charge in [-0.2, -0.15) is 5.26 Å². The predicted molar refractivity (Wildman–Crippen MR) is 75.4 cm³/mol. The molecule has 0 aromatic heterocycles. The Bertz CT molecular complexity index is 582. The molecule has 0 aliphatic heterocycles. The molecule has 2 rings (SSSR count). The van der Waals surface area contributed by atoms with E-state index in [-0.39, 0.29) is 21.8 Å². The molecule has 0 heterocycles. The van der Waals surface area contributed by atoms with Crippen molar-refractivity contribution in [3.8, 4) is 6.07 Å². The van der Waals surface area contributed by atoms with Crippen LogP contribution in [0, 0.1) is 33.3 Å². The van der Waals surface area contributed by atoms with Crippen LogP contribution in [-0.4, -0.2) is 14.4 Å². The summed E-state index contributed by atoms with van der Waals surface area (Å²) in [5, 5.41) is 19.9. The van der Waals surface area contributed by atoms with Crippen LogP contribution in [0.15, 0.2) is 29.2 Å². The zero-order chi connectivity index (χ0) is 14.7. The first kappa shape index (κ1) is 14.7. The van der Waals surface area contributed by atoms with Crippen molar-refractivity contribution in [3.05, 3.63) is 34.4 Å². The standard InChI is InChI=1S/C14H16N2O3S/c1-10-6-7-11(9-15)14(8-10)20(19)13-5-3-2-4-12(13)16(17)18/h2-5,10-11,14H,6-8H2,1H3. The van der Waals surface area contributed by atoms with Gasteiger partial charge in [-0.05, 0) is 31.2 Å². The number of nitro benzene ring substituents is 1. The van der Waals surface area contributed by atoms with Crippen molar-refractivity contribution in [2.45, 2.75) is 36.3 Å². The lowest BCUT2D eigenvalue weighted by molar-refractivity contribution is -0.387. The van der Waals surface area contributed by atoms with Crippen LogP contribution in [0.4, 0.5) is 5.69 Å². The number of benzene rings is 1. The topological polar surface area (TPSA) is 84.0 Å². The van der Waals surface area contributed by atoms with Crippen LogP contribution in [-0.2, 0) is 10.8 Å². The number of hydrogen-bond donors (Lipinski definition) is 0. The molecular weight excluding hydrogens is 276 g/mol. The maximum atomic E-state index is 12.7. The monoisotopic (exact) mass is 292 g/mol. The van der Waals surface area contributed by atoms with Crippen molar-refractivity contribution < 1.29 is 9.13 Å². The molecule has 6 heteroatoms. The highest BCUT2D eigenvalue weighted by molar-refractivity contribution is 7.85. The molecule has 106 valence electrons. The number of rotatable bonds is 3. The summed E-state index contributed by atoms with van der Waals surface area (Å²) in [6.45, 7) is 2.07. The molecule has 20 heavy (non-hydrogen) atoms. The summed E-state index contributed by atoms with van der Waals surface area (Å²) in [5.41, 5.74) is -0.124. The van der Waals surface area contributed by atoms with Gasteiger partial charge in [0, 0.05) is 6.07 Å². The maximum absolute atomic E-state index is 12.7. The molecule has 0 spiro atoms. The largest absolute Gasteiger partial charge is 0.285 e. The molecular formula is C14H16N2O3S. The van der Waals surface area contributed by atoms with Crippen molar-refractivity contribution in [2.75, 3.05) is 0 Å². The van der Waals surface area contributed by atoms with Gasteiger partial charge in [0.2, 0.25) is 0 Å². The average Bonchev–Trinajstić information content (AvgIpc) is 2.46. The predicted octanol–water partition coefficient (Wildman–Crippen LogP) is 3.03. The minimum Gasteiger partial charge on any atom is -0.258 e. The zero-order valence-electron chi connectivity index (χ0n) is 11.2. The van der Waals surface area contributed by atoms with E-state index < -0.39 is 15.7 Å². The second kappa shape index (κ2) is 6.14. The molecule has 0 N–H and O–H groups in total. The van der Waals surface area contributed by atoms with Gasteiger partial charge >= 0.3 is 0 Å². The van der Waals surface area contributed by atoms with Gasteiger partial charge in [-0.1, -0.05) is 19.1 Å². The Labute approximate surface area is 120 Å². The maximum Gasteiger partial charge on any atom is 0.285 e. The van der Waals surface area contributed by atoms with E-state index >= 15 is 0 Å². The fourth-order valence-corrected chi connectivity index (χ4v) is 4.54. The van der Waals surface area contributed by atoms with Crippen molar-refractivity contribution in [1.82, 2.24) is 0 Å². The van der Waals surface area contributed by atoms with Gasteiger partial charge in [0.25, 0.3) is 5.69 Å². The second-order valence-electron chi connectivity index (χ2n) is 5.21. The second-order valence-corrected chi connectivity index (χ2v) is 6.85. The van der Waals surface area contributed by atoms with Gasteiger partial charge in [-0.3, -0.25) is 14.3 Å². The molecule has 0 radical (unpaired) electrons. The van der Waals surface area contributed by atoms with Gasteiger partial charge in [-0.15, -0.1) is 0 Å². The van der Waals surface area contributed by atoms with Gasteiger partial charge in [-0.25, -0.2) is 0 Å². The first-order valence-corrected chi connectivity index (χ1v) is 7.79. The third-order valence-corrected chi connectivity index (χ3v) is 5.62. The molecule has 4 unspecified atom stereocenters. The molecule has 0 bridgehead atoms. The Balaban J connectivity index is 2.35. The van der Waals surface area contributed by atoms with Crippen LogP contribution >= 0.6 is 0 Å². The lowest BCUT2D eigenvalue weighted by Gasteiger charge is -2.30. The Hall–Kier alpha value is -1.74. The first-order chi connectivity index (χ1) is 9.54. The Morgan fingerprint density at radius 1 is 1.40 bits per heavy atom. The minimum atomic E-state index is -1.52. The smallest absolute Gasteiger partial charge is 0.258 e. The number of nitrogens with zero attached hydrogens (tertiary/aromatic N) is 2. The van der Waals surface area contributed by atoms with E-state index in [9.17, 15) is 19.6 Å². The highest BCUT2D eigenvalue weighted by atomic mass is 32.2. The summed E-state index contributed by atoms with van der Waals surface area (Å²) >= 11 is 0. The third kappa shape index (κ3) is 2.88. The van der Waals surface area contributed by atoms with Crippen LogP contribution in [0.3, 0.4) is 0 Å². The SMILES string of the molecule is CC1CCC(C#N)C(S(=O)c2ccccc2[N+](=O)[O-])C1. The lowest BCUT2D eigenvalue weighted by atomic mass is 9.83. The molecule has 1 aliphatic carbocycles. The van der Waals surface area contributed by atoms with Crippen LogP contribution < -0.4 is 0 Å². The molecule has 1 aromatic carbocycles. The number of nitriles is 1. The van der Waals surface area contributed by atoms with E-state index in [2.05, 4.69) is 13.0 Å². The highest BCUT2D eigenvalue weighted by Crippen LogP contribution is 2.35. The molecule has 0 saturated heterocycles. The third-order valence-electron chi connectivity index (χ3n) is 3.77. The zero-order valence-corrected chi connectivity index (χ0v) is 12.0. The fraction of sp³-hybridized carbons (Fsp3) is 0.500. The molecule has 4 atom stereocenters. The summed E-state index contributed by atoms with van der Waals surface area (Å²) in [7, 11) is -1.52. The lowest BCUT2D eigenvalue weighted by Crippen LogP contribution is -2.31.